The van der Waals surface area contributed by atoms with E-state index < -0.39 is 0 Å². The molecule has 0 amide bonds. The molecule has 2 rings (SSSR count). The van der Waals surface area contributed by atoms with Gasteiger partial charge in [-0.3, -0.25) is 4.79 Å². The van der Waals surface area contributed by atoms with E-state index in [-0.39, 0.29) is 5.78 Å². The molecule has 1 heterocycles. The van der Waals surface area contributed by atoms with Crippen LogP contribution in [0.25, 0.3) is 0 Å². The summed E-state index contributed by atoms with van der Waals surface area (Å²) in [5.41, 5.74) is 2.47. The van der Waals surface area contributed by atoms with Gasteiger partial charge in [-0.1, -0.05) is 32.6 Å². The zero-order valence-electron chi connectivity index (χ0n) is 10.7. The van der Waals surface area contributed by atoms with Crippen molar-refractivity contribution in [1.82, 2.24) is 10.2 Å². The van der Waals surface area contributed by atoms with Gasteiger partial charge in [0.05, 0.1) is 11.4 Å². The van der Waals surface area contributed by atoms with Gasteiger partial charge in [0.1, 0.15) is 0 Å². The first-order valence-electron chi connectivity index (χ1n) is 6.57. The van der Waals surface area contributed by atoms with Crippen LogP contribution < -0.4 is 0 Å². The van der Waals surface area contributed by atoms with E-state index in [0.717, 1.165) is 23.4 Å². The summed E-state index contributed by atoms with van der Waals surface area (Å²) in [5.74, 6) is 0.854. The van der Waals surface area contributed by atoms with Gasteiger partial charge in [-0.15, -0.1) is 0 Å². The molecule has 3 nitrogen and oxygen atoms in total. The summed E-state index contributed by atoms with van der Waals surface area (Å²) in [4.78, 5) is 12.3. The summed E-state index contributed by atoms with van der Waals surface area (Å²) >= 11 is 0. The first kappa shape index (κ1) is 12.2. The predicted molar refractivity (Wildman–Crippen MR) is 67.1 cm³/mol. The molecule has 1 aliphatic rings. The quantitative estimate of drug-likeness (QED) is 0.749. The molecular formula is C14H20N2O. The predicted octanol–water partition coefficient (Wildman–Crippen LogP) is 3.11. The number of Topliss-reactive ketones (excluding diaryl/α,β-unsaturated/α-hetero) is 1. The Morgan fingerprint density at radius 1 is 1.35 bits per heavy atom. The van der Waals surface area contributed by atoms with E-state index in [1.165, 1.54) is 25.7 Å². The molecule has 0 aliphatic heterocycles. The van der Waals surface area contributed by atoms with Gasteiger partial charge in [0, 0.05) is 12.0 Å². The highest BCUT2D eigenvalue weighted by Gasteiger charge is 2.21. The lowest BCUT2D eigenvalue weighted by molar-refractivity contribution is 0.0960. The number of carbonyl (C=O) groups excluding carboxylic acids is 1. The van der Waals surface area contributed by atoms with E-state index in [1.807, 2.05) is 19.9 Å². The fourth-order valence-electron chi connectivity index (χ4n) is 2.60. The summed E-state index contributed by atoms with van der Waals surface area (Å²) in [6.45, 7) is 3.91. The summed E-state index contributed by atoms with van der Waals surface area (Å²) in [6, 6.07) is 1.89. The maximum Gasteiger partial charge on any atom is 0.165 e. The third-order valence-corrected chi connectivity index (χ3v) is 3.58. The van der Waals surface area contributed by atoms with Crippen LogP contribution in [0.3, 0.4) is 0 Å². The van der Waals surface area contributed by atoms with E-state index in [9.17, 15) is 4.79 Å². The number of rotatable bonds is 4. The van der Waals surface area contributed by atoms with Crippen LogP contribution in [0.4, 0.5) is 0 Å². The van der Waals surface area contributed by atoms with Crippen LogP contribution in [0.15, 0.2) is 6.07 Å². The molecule has 1 aromatic heterocycles. The van der Waals surface area contributed by atoms with Crippen LogP contribution in [0.1, 0.15) is 60.8 Å². The van der Waals surface area contributed by atoms with Gasteiger partial charge in [0.2, 0.25) is 0 Å². The third-order valence-electron chi connectivity index (χ3n) is 3.58. The van der Waals surface area contributed by atoms with Gasteiger partial charge in [-0.2, -0.15) is 10.2 Å². The molecule has 0 aromatic carbocycles. The second-order valence-electron chi connectivity index (χ2n) is 4.98. The topological polar surface area (TPSA) is 42.9 Å². The van der Waals surface area contributed by atoms with Crippen molar-refractivity contribution in [2.24, 2.45) is 5.92 Å². The van der Waals surface area contributed by atoms with Crippen molar-refractivity contribution in [3.05, 3.63) is 23.0 Å². The average Bonchev–Trinajstić information content (AvgIpc) is 2.81. The molecule has 0 unspecified atom stereocenters. The van der Waals surface area contributed by atoms with Crippen molar-refractivity contribution in [3.63, 3.8) is 0 Å². The molecule has 1 aromatic rings. The molecule has 1 fully saturated rings. The number of nitrogens with zero attached hydrogens (tertiary/aromatic N) is 2. The monoisotopic (exact) mass is 232 g/mol. The SMILES string of the molecule is CCc1nnc(C)cc1C(=O)CC1CCCC1. The maximum absolute atomic E-state index is 12.3. The lowest BCUT2D eigenvalue weighted by Crippen LogP contribution is -2.11. The molecule has 3 heteroatoms. The summed E-state index contributed by atoms with van der Waals surface area (Å²) in [5, 5.41) is 8.14. The maximum atomic E-state index is 12.3. The fourth-order valence-corrected chi connectivity index (χ4v) is 2.60. The number of hydrogen-bond donors (Lipinski definition) is 0. The standard InChI is InChI=1S/C14H20N2O/c1-3-13-12(8-10(2)15-16-13)14(17)9-11-6-4-5-7-11/h8,11H,3-7,9H2,1-2H3. The second kappa shape index (κ2) is 5.39. The minimum absolute atomic E-state index is 0.256. The van der Waals surface area contributed by atoms with E-state index >= 15 is 0 Å². The van der Waals surface area contributed by atoms with Gasteiger partial charge in [0.15, 0.2) is 5.78 Å². The molecule has 0 saturated heterocycles. The number of aromatic nitrogens is 2. The highest BCUT2D eigenvalue weighted by molar-refractivity contribution is 5.97. The van der Waals surface area contributed by atoms with Gasteiger partial charge < -0.3 is 0 Å². The Labute approximate surface area is 103 Å². The molecule has 1 aliphatic carbocycles. The van der Waals surface area contributed by atoms with Crippen LogP contribution in [-0.4, -0.2) is 16.0 Å². The Morgan fingerprint density at radius 3 is 2.71 bits per heavy atom. The van der Waals surface area contributed by atoms with Crippen LogP contribution >= 0.6 is 0 Å². The summed E-state index contributed by atoms with van der Waals surface area (Å²) in [6.07, 6.45) is 6.46. The zero-order valence-corrected chi connectivity index (χ0v) is 10.7. The smallest absolute Gasteiger partial charge is 0.165 e. The second-order valence-corrected chi connectivity index (χ2v) is 4.98. The van der Waals surface area contributed by atoms with E-state index in [2.05, 4.69) is 10.2 Å². The van der Waals surface area contributed by atoms with Gasteiger partial charge in [-0.05, 0) is 25.3 Å². The van der Waals surface area contributed by atoms with Crippen molar-refractivity contribution in [1.29, 1.82) is 0 Å². The number of aryl methyl sites for hydroxylation is 2. The first-order chi connectivity index (χ1) is 8.20. The molecule has 0 atom stereocenters. The summed E-state index contributed by atoms with van der Waals surface area (Å²) in [7, 11) is 0. The van der Waals surface area contributed by atoms with Crippen LogP contribution in [0, 0.1) is 12.8 Å². The van der Waals surface area contributed by atoms with E-state index in [4.69, 9.17) is 0 Å². The van der Waals surface area contributed by atoms with Crippen molar-refractivity contribution >= 4 is 5.78 Å². The Balaban J connectivity index is 2.14. The first-order valence-corrected chi connectivity index (χ1v) is 6.57. The minimum atomic E-state index is 0.256. The summed E-state index contributed by atoms with van der Waals surface area (Å²) < 4.78 is 0. The molecule has 0 radical (unpaired) electrons. The van der Waals surface area contributed by atoms with Gasteiger partial charge >= 0.3 is 0 Å². The molecular weight excluding hydrogens is 212 g/mol. The van der Waals surface area contributed by atoms with Crippen molar-refractivity contribution in [2.75, 3.05) is 0 Å². The van der Waals surface area contributed by atoms with Gasteiger partial charge in [0.25, 0.3) is 0 Å². The Bertz CT molecular complexity index is 409. The molecule has 92 valence electrons. The van der Waals surface area contributed by atoms with Crippen molar-refractivity contribution < 1.29 is 4.79 Å². The Kier molecular flexibility index (Phi) is 3.87. The zero-order chi connectivity index (χ0) is 12.3. The Hall–Kier alpha value is -1.25. The van der Waals surface area contributed by atoms with Gasteiger partial charge in [-0.25, -0.2) is 0 Å². The largest absolute Gasteiger partial charge is 0.294 e. The molecule has 17 heavy (non-hydrogen) atoms. The van der Waals surface area contributed by atoms with E-state index in [0.29, 0.717) is 12.3 Å². The number of hydrogen-bond acceptors (Lipinski definition) is 3. The van der Waals surface area contributed by atoms with Crippen molar-refractivity contribution in [2.45, 2.75) is 52.4 Å². The Morgan fingerprint density at radius 2 is 2.06 bits per heavy atom. The molecule has 0 N–H and O–H groups in total. The van der Waals surface area contributed by atoms with Crippen molar-refractivity contribution in [3.8, 4) is 0 Å². The fraction of sp³-hybridized carbons (Fsp3) is 0.643. The van der Waals surface area contributed by atoms with Crippen LogP contribution in [-0.2, 0) is 6.42 Å². The highest BCUT2D eigenvalue weighted by Crippen LogP contribution is 2.29. The average molecular weight is 232 g/mol. The van der Waals surface area contributed by atoms with Crippen LogP contribution in [0.2, 0.25) is 0 Å². The minimum Gasteiger partial charge on any atom is -0.294 e. The molecule has 1 saturated carbocycles. The lowest BCUT2D eigenvalue weighted by atomic mass is 9.95. The number of ketones is 1. The molecule has 0 bridgehead atoms. The van der Waals surface area contributed by atoms with Crippen LogP contribution in [0.5, 0.6) is 0 Å². The highest BCUT2D eigenvalue weighted by atomic mass is 16.1. The van der Waals surface area contributed by atoms with E-state index in [1.54, 1.807) is 0 Å². The molecule has 0 spiro atoms. The normalized spacial score (nSPS) is 16.4. The number of carbonyl (C=O) groups is 1. The third kappa shape index (κ3) is 2.90. The lowest BCUT2D eigenvalue weighted by Gasteiger charge is -2.10.